The van der Waals surface area contributed by atoms with Crippen LogP contribution in [0.15, 0.2) is 52.5 Å². The number of ketones is 1. The Hall–Kier alpha value is -2.64. The molecule has 2 aromatic rings. The first-order chi connectivity index (χ1) is 15.2. The predicted octanol–water partition coefficient (Wildman–Crippen LogP) is 4.53. The lowest BCUT2D eigenvalue weighted by molar-refractivity contribution is -0.139. The minimum atomic E-state index is -0.660. The third-order valence-corrected chi connectivity index (χ3v) is 6.01. The maximum absolute atomic E-state index is 13.1. The number of halogens is 1. The van der Waals surface area contributed by atoms with Gasteiger partial charge in [-0.25, -0.2) is 0 Å². The molecule has 32 heavy (non-hydrogen) atoms. The first kappa shape index (κ1) is 24.0. The van der Waals surface area contributed by atoms with Crippen molar-refractivity contribution in [1.82, 2.24) is 9.80 Å². The zero-order chi connectivity index (χ0) is 23.4. The molecule has 1 unspecified atom stereocenters. The topological polar surface area (TPSA) is 70.1 Å². The number of rotatable bonds is 8. The number of aliphatic hydroxyl groups is 1. The number of benzene rings is 2. The number of aryl methyl sites for hydroxylation is 1. The van der Waals surface area contributed by atoms with Crippen molar-refractivity contribution < 1.29 is 19.4 Å². The molecule has 3 rings (SSSR count). The predicted molar refractivity (Wildman–Crippen MR) is 129 cm³/mol. The minimum Gasteiger partial charge on any atom is -0.507 e. The zero-order valence-electron chi connectivity index (χ0n) is 18.9. The number of carbonyl (C=O) groups excluding carboxylic acids is 2. The molecule has 1 saturated heterocycles. The van der Waals surface area contributed by atoms with Gasteiger partial charge < -0.3 is 19.6 Å². The molecule has 0 saturated carbocycles. The van der Waals surface area contributed by atoms with Gasteiger partial charge >= 0.3 is 0 Å². The Morgan fingerprint density at radius 2 is 1.84 bits per heavy atom. The monoisotopic (exact) mass is 500 g/mol. The van der Waals surface area contributed by atoms with Crippen LogP contribution < -0.4 is 4.74 Å². The molecule has 0 spiro atoms. The fourth-order valence-corrected chi connectivity index (χ4v) is 4.19. The van der Waals surface area contributed by atoms with Crippen molar-refractivity contribution >= 4 is 33.4 Å². The van der Waals surface area contributed by atoms with Crippen LogP contribution in [0.2, 0.25) is 0 Å². The average Bonchev–Trinajstić information content (AvgIpc) is 3.00. The quantitative estimate of drug-likeness (QED) is 0.327. The molecule has 1 fully saturated rings. The van der Waals surface area contributed by atoms with Gasteiger partial charge in [-0.3, -0.25) is 9.59 Å². The van der Waals surface area contributed by atoms with Crippen molar-refractivity contribution in [2.75, 3.05) is 33.8 Å². The van der Waals surface area contributed by atoms with Gasteiger partial charge in [0.2, 0.25) is 0 Å². The number of ether oxygens (including phenoxy) is 1. The van der Waals surface area contributed by atoms with Crippen molar-refractivity contribution in [3.63, 3.8) is 0 Å². The minimum absolute atomic E-state index is 0.116. The fraction of sp³-hybridized carbons (Fsp3) is 0.360. The van der Waals surface area contributed by atoms with Crippen molar-refractivity contribution in [3.05, 3.63) is 69.2 Å². The molecular weight excluding hydrogens is 472 g/mol. The van der Waals surface area contributed by atoms with Gasteiger partial charge in [0, 0.05) is 16.6 Å². The normalized spacial score (nSPS) is 17.9. The van der Waals surface area contributed by atoms with E-state index >= 15 is 0 Å². The van der Waals surface area contributed by atoms with Gasteiger partial charge in [-0.2, -0.15) is 0 Å². The molecule has 1 atom stereocenters. The lowest BCUT2D eigenvalue weighted by atomic mass is 9.95. The number of carbonyl (C=O) groups is 2. The molecule has 1 heterocycles. The molecule has 1 aliphatic heterocycles. The second-order valence-corrected chi connectivity index (χ2v) is 9.03. The van der Waals surface area contributed by atoms with Crippen LogP contribution in [0.1, 0.15) is 36.1 Å². The van der Waals surface area contributed by atoms with Crippen LogP contribution >= 0.6 is 15.9 Å². The second-order valence-electron chi connectivity index (χ2n) is 8.11. The first-order valence-electron chi connectivity index (χ1n) is 10.7. The maximum atomic E-state index is 13.1. The van der Waals surface area contributed by atoms with E-state index < -0.39 is 17.7 Å². The van der Waals surface area contributed by atoms with E-state index in [0.717, 1.165) is 34.3 Å². The molecule has 0 radical (unpaired) electrons. The Labute approximate surface area is 197 Å². The highest BCUT2D eigenvalue weighted by Crippen LogP contribution is 2.40. The van der Waals surface area contributed by atoms with Crippen LogP contribution in [-0.4, -0.2) is 60.4 Å². The van der Waals surface area contributed by atoms with Crippen molar-refractivity contribution in [1.29, 1.82) is 0 Å². The van der Waals surface area contributed by atoms with Gasteiger partial charge in [0.25, 0.3) is 11.7 Å². The van der Waals surface area contributed by atoms with E-state index in [1.165, 1.54) is 0 Å². The van der Waals surface area contributed by atoms with Gasteiger partial charge in [0.05, 0.1) is 18.2 Å². The van der Waals surface area contributed by atoms with Crippen molar-refractivity contribution in [2.24, 2.45) is 0 Å². The van der Waals surface area contributed by atoms with Gasteiger partial charge in [0.1, 0.15) is 11.5 Å². The van der Waals surface area contributed by atoms with E-state index in [9.17, 15) is 14.7 Å². The smallest absolute Gasteiger partial charge is 0.295 e. The van der Waals surface area contributed by atoms with Crippen LogP contribution in [0.5, 0.6) is 5.75 Å². The first-order valence-corrected chi connectivity index (χ1v) is 11.5. The van der Waals surface area contributed by atoms with E-state index in [0.29, 0.717) is 18.7 Å². The molecule has 0 aliphatic carbocycles. The van der Waals surface area contributed by atoms with E-state index in [1.807, 2.05) is 57.1 Å². The van der Waals surface area contributed by atoms with E-state index in [-0.39, 0.29) is 11.3 Å². The Bertz CT molecular complexity index is 1030. The third-order valence-electron chi connectivity index (χ3n) is 5.48. The molecule has 0 bridgehead atoms. The van der Waals surface area contributed by atoms with Crippen LogP contribution in [0.25, 0.3) is 5.76 Å². The highest BCUT2D eigenvalue weighted by molar-refractivity contribution is 9.10. The number of Topliss-reactive ketones (excluding diaryl/α,β-unsaturated/α-hetero) is 1. The van der Waals surface area contributed by atoms with Crippen molar-refractivity contribution in [3.8, 4) is 5.75 Å². The van der Waals surface area contributed by atoms with Crippen LogP contribution in [-0.2, 0) is 9.59 Å². The summed E-state index contributed by atoms with van der Waals surface area (Å²) in [6.07, 6.45) is 0.718. The van der Waals surface area contributed by atoms with Crippen molar-refractivity contribution in [2.45, 2.75) is 26.3 Å². The largest absolute Gasteiger partial charge is 0.507 e. The van der Waals surface area contributed by atoms with Crippen LogP contribution in [0.3, 0.4) is 0 Å². The summed E-state index contributed by atoms with van der Waals surface area (Å²) in [7, 11) is 3.93. The third kappa shape index (κ3) is 5.05. The van der Waals surface area contributed by atoms with Gasteiger partial charge in [-0.05, 0) is 82.4 Å². The summed E-state index contributed by atoms with van der Waals surface area (Å²) in [5.41, 5.74) is 2.22. The summed E-state index contributed by atoms with van der Waals surface area (Å²) in [6.45, 7) is 5.53. The molecule has 2 aromatic carbocycles. The molecule has 7 heteroatoms. The fourth-order valence-electron chi connectivity index (χ4n) is 3.93. The Balaban J connectivity index is 2.08. The summed E-state index contributed by atoms with van der Waals surface area (Å²) < 4.78 is 6.48. The van der Waals surface area contributed by atoms with Gasteiger partial charge in [-0.1, -0.05) is 28.1 Å². The molecule has 1 N–H and O–H groups in total. The molecule has 6 nitrogen and oxygen atoms in total. The lowest BCUT2D eigenvalue weighted by Gasteiger charge is -2.26. The maximum Gasteiger partial charge on any atom is 0.295 e. The molecule has 170 valence electrons. The summed E-state index contributed by atoms with van der Waals surface area (Å²) in [5.74, 6) is -0.692. The Kier molecular flexibility index (Phi) is 7.74. The summed E-state index contributed by atoms with van der Waals surface area (Å²) in [5, 5.41) is 11.2. The number of hydrogen-bond acceptors (Lipinski definition) is 5. The van der Waals surface area contributed by atoms with Gasteiger partial charge in [-0.15, -0.1) is 0 Å². The number of likely N-dealkylation sites (tertiary alicyclic amines) is 1. The van der Waals surface area contributed by atoms with Gasteiger partial charge in [0.15, 0.2) is 0 Å². The van der Waals surface area contributed by atoms with Crippen LogP contribution in [0, 0.1) is 6.92 Å². The lowest BCUT2D eigenvalue weighted by Crippen LogP contribution is -2.32. The zero-order valence-corrected chi connectivity index (χ0v) is 20.5. The second kappa shape index (κ2) is 10.3. The standard InChI is InChI=1S/C25H29BrN2O4/c1-5-32-20-12-9-18(15-16(20)2)23(29)21-22(17-7-10-19(26)11-8-17)28(25(31)24(21)30)14-6-13-27(3)4/h7-12,15,22,29H,5-6,13-14H2,1-4H3. The highest BCUT2D eigenvalue weighted by Gasteiger charge is 2.45. The summed E-state index contributed by atoms with van der Waals surface area (Å²) in [4.78, 5) is 29.7. The summed E-state index contributed by atoms with van der Waals surface area (Å²) in [6, 6.07) is 12.1. The molecule has 0 aromatic heterocycles. The van der Waals surface area contributed by atoms with E-state index in [2.05, 4.69) is 15.9 Å². The van der Waals surface area contributed by atoms with Crippen LogP contribution in [0.4, 0.5) is 0 Å². The molecular formula is C25H29BrN2O4. The summed E-state index contributed by atoms with van der Waals surface area (Å²) >= 11 is 3.43. The number of nitrogens with zero attached hydrogens (tertiary/aromatic N) is 2. The number of amides is 1. The molecule has 1 aliphatic rings. The average molecular weight is 501 g/mol. The Morgan fingerprint density at radius 1 is 1.16 bits per heavy atom. The number of hydrogen-bond donors (Lipinski definition) is 1. The SMILES string of the molecule is CCOc1ccc(C(O)=C2C(=O)C(=O)N(CCCN(C)C)C2c2ccc(Br)cc2)cc1C. The van der Waals surface area contributed by atoms with E-state index in [1.54, 1.807) is 23.1 Å². The van der Waals surface area contributed by atoms with E-state index in [4.69, 9.17) is 4.74 Å². The Morgan fingerprint density at radius 3 is 2.44 bits per heavy atom. The highest BCUT2D eigenvalue weighted by atomic mass is 79.9. The molecule has 1 amide bonds. The number of aliphatic hydroxyl groups excluding tert-OH is 1.